The van der Waals surface area contributed by atoms with Crippen LogP contribution in [-0.2, 0) is 16.0 Å². The number of esters is 1. The topological polar surface area (TPSA) is 99.8 Å². The molecule has 3 aromatic rings. The molecule has 3 atom stereocenters. The Balaban J connectivity index is 0.00000368. The Morgan fingerprint density at radius 1 is 0.977 bits per heavy atom. The third kappa shape index (κ3) is 4.79. The van der Waals surface area contributed by atoms with Gasteiger partial charge >= 0.3 is 29.0 Å². The van der Waals surface area contributed by atoms with E-state index in [0.29, 0.717) is 17.7 Å². The summed E-state index contributed by atoms with van der Waals surface area (Å²) >= 11 is 0. The van der Waals surface area contributed by atoms with Crippen LogP contribution in [0, 0.1) is 38.5 Å². The van der Waals surface area contributed by atoms with E-state index in [4.69, 9.17) is 25.0 Å². The summed E-state index contributed by atoms with van der Waals surface area (Å²) < 4.78 is 4.97. The quantitative estimate of drug-likeness (QED) is 0.324. The van der Waals surface area contributed by atoms with Gasteiger partial charge in [-0.2, -0.15) is 11.4 Å². The average Bonchev–Trinajstić information content (AvgIpc) is 3.69. The Morgan fingerprint density at radius 3 is 2.35 bits per heavy atom. The second-order valence-electron chi connectivity index (χ2n) is 11.7. The molecule has 6 rings (SSSR count). The van der Waals surface area contributed by atoms with Crippen molar-refractivity contribution < 1.29 is 14.3 Å². The SMILES string of the molecule is C=Cc1c2[n-]c(c1C)/C=C1\[N-]/C(=C3\c4[n-]c(c(C)c4C(=O)[C@@H]3C)/C=c3\[n-]/c(c(C)c3CC)=C\2)[C@@H](CCC(=O)OC)[C@@H]1C.[Mg+2]. The Kier molecular flexibility index (Phi) is 8.31. The molecule has 43 heavy (non-hydrogen) atoms. The standard InChI is InChI=1S/C35H37N4O3.Mg/c1-9-21-16(3)24-13-26-18(5)23(11-12-30(40)42-8)33(38-26)31-20(7)35(41)32-19(6)27(39-34(31)32)15-29-22(10-2)17(4)25(37-29)14-28(21)36-24;/h9,13-15,18,20,23H,1,10-12H2,2-8H3,(H-,38,39,41);/q-3;+2/p-1/b25-14-,26-13-,29-15-;/t18-,20+,23-;/m0./s1. The molecule has 0 saturated carbocycles. The van der Waals surface area contributed by atoms with Gasteiger partial charge < -0.3 is 25.0 Å². The molecular weight excluding hydrogens is 549 g/mol. The zero-order valence-corrected chi connectivity index (χ0v) is 27.5. The summed E-state index contributed by atoms with van der Waals surface area (Å²) in [5.41, 5.74) is 11.5. The van der Waals surface area contributed by atoms with Crippen LogP contribution >= 0.6 is 0 Å². The molecular formula is C35H36MgN4O3-2. The number of hydrogen-bond donors (Lipinski definition) is 0. The summed E-state index contributed by atoms with van der Waals surface area (Å²) in [6.07, 6.45) is 9.61. The first kappa shape index (κ1) is 30.9. The molecule has 2 aliphatic heterocycles. The number of nitrogens with zero attached hydrogens (tertiary/aromatic N) is 4. The molecule has 0 N–H and O–H groups in total. The van der Waals surface area contributed by atoms with Gasteiger partial charge in [-0.05, 0) is 51.0 Å². The van der Waals surface area contributed by atoms with Crippen LogP contribution in [0.4, 0.5) is 0 Å². The summed E-state index contributed by atoms with van der Waals surface area (Å²) in [5, 5.41) is 6.93. The molecule has 218 valence electrons. The van der Waals surface area contributed by atoms with Crippen molar-refractivity contribution in [3.05, 3.63) is 90.1 Å². The zero-order chi connectivity index (χ0) is 30.0. The first-order valence-electron chi connectivity index (χ1n) is 14.7. The average molecular weight is 585 g/mol. The van der Waals surface area contributed by atoms with Crippen LogP contribution in [0.15, 0.2) is 18.0 Å². The van der Waals surface area contributed by atoms with Crippen molar-refractivity contribution in [2.75, 3.05) is 7.11 Å². The van der Waals surface area contributed by atoms with E-state index in [1.54, 1.807) is 0 Å². The number of carbonyl (C=O) groups excluding carboxylic acids is 2. The zero-order valence-electron chi connectivity index (χ0n) is 26.1. The van der Waals surface area contributed by atoms with Gasteiger partial charge in [-0.15, -0.1) is 33.5 Å². The Bertz CT molecular complexity index is 1860. The third-order valence-electron chi connectivity index (χ3n) is 9.47. The summed E-state index contributed by atoms with van der Waals surface area (Å²) in [5.74, 6) is -0.629. The Morgan fingerprint density at radius 2 is 1.67 bits per heavy atom. The van der Waals surface area contributed by atoms with Gasteiger partial charge in [0.2, 0.25) is 0 Å². The largest absolute Gasteiger partial charge is 2.00 e. The van der Waals surface area contributed by atoms with Crippen LogP contribution in [0.5, 0.6) is 0 Å². The van der Waals surface area contributed by atoms with Crippen molar-refractivity contribution in [2.24, 2.45) is 17.8 Å². The molecule has 8 heteroatoms. The number of hydrogen-bond acceptors (Lipinski definition) is 3. The van der Waals surface area contributed by atoms with Gasteiger partial charge in [0.1, 0.15) is 0 Å². The predicted molar refractivity (Wildman–Crippen MR) is 171 cm³/mol. The number of ether oxygens (including phenoxy) is 1. The minimum absolute atomic E-state index is 0. The molecule has 0 radical (unpaired) electrons. The van der Waals surface area contributed by atoms with Crippen molar-refractivity contribution in [3.63, 3.8) is 0 Å². The number of methoxy groups -OCH3 is 1. The van der Waals surface area contributed by atoms with Crippen LogP contribution in [0.3, 0.4) is 0 Å². The summed E-state index contributed by atoms with van der Waals surface area (Å²) in [6, 6.07) is 0. The number of aromatic nitrogens is 3. The second-order valence-corrected chi connectivity index (χ2v) is 11.7. The van der Waals surface area contributed by atoms with Gasteiger partial charge in [-0.25, -0.2) is 0 Å². The molecule has 1 aliphatic carbocycles. The van der Waals surface area contributed by atoms with E-state index in [9.17, 15) is 9.59 Å². The molecule has 0 aromatic carbocycles. The molecule has 3 aliphatic rings. The number of Topliss-reactive ketones (excluding diaryl/α,β-unsaturated/α-hetero) is 1. The number of allylic oxidation sites excluding steroid dienone is 3. The third-order valence-corrected chi connectivity index (χ3v) is 9.47. The van der Waals surface area contributed by atoms with Crippen molar-refractivity contribution in [3.8, 4) is 0 Å². The normalized spacial score (nSPS) is 24.7. The van der Waals surface area contributed by atoms with Gasteiger partial charge in [-0.3, -0.25) is 9.59 Å². The van der Waals surface area contributed by atoms with Crippen LogP contribution in [-0.4, -0.2) is 41.9 Å². The van der Waals surface area contributed by atoms with Gasteiger partial charge in [0.25, 0.3) is 0 Å². The smallest absolute Gasteiger partial charge is 0.664 e. The van der Waals surface area contributed by atoms with Crippen LogP contribution in [0.1, 0.15) is 94.6 Å². The fourth-order valence-corrected chi connectivity index (χ4v) is 6.90. The van der Waals surface area contributed by atoms with Crippen LogP contribution < -0.4 is 25.7 Å². The number of carbonyl (C=O) groups is 2. The van der Waals surface area contributed by atoms with Gasteiger partial charge in [-0.1, -0.05) is 79.5 Å². The van der Waals surface area contributed by atoms with E-state index in [1.165, 1.54) is 7.11 Å². The van der Waals surface area contributed by atoms with E-state index < -0.39 is 0 Å². The Hall–Kier alpha value is -3.49. The maximum Gasteiger partial charge on any atom is 2.00 e. The minimum Gasteiger partial charge on any atom is -0.664 e. The van der Waals surface area contributed by atoms with Crippen LogP contribution in [0.2, 0.25) is 0 Å². The first-order chi connectivity index (χ1) is 20.1. The molecule has 1 fully saturated rings. The van der Waals surface area contributed by atoms with E-state index in [2.05, 4.69) is 34.3 Å². The predicted octanol–water partition coefficient (Wildman–Crippen LogP) is 4.46. The van der Waals surface area contributed by atoms with Crippen molar-refractivity contribution in [1.82, 2.24) is 15.0 Å². The molecule has 3 aromatic heterocycles. The summed E-state index contributed by atoms with van der Waals surface area (Å²) in [6.45, 7) is 16.4. The fourth-order valence-electron chi connectivity index (χ4n) is 6.90. The first-order valence-corrected chi connectivity index (χ1v) is 14.7. The fraction of sp³-hybridized carbons (Fsp3) is 0.371. The molecule has 1 saturated heterocycles. The second kappa shape index (κ2) is 11.5. The van der Waals surface area contributed by atoms with Gasteiger partial charge in [0.05, 0.1) is 7.11 Å². The maximum atomic E-state index is 13.7. The van der Waals surface area contributed by atoms with E-state index >= 15 is 0 Å². The molecule has 0 amide bonds. The van der Waals surface area contributed by atoms with E-state index in [0.717, 1.165) is 79.0 Å². The summed E-state index contributed by atoms with van der Waals surface area (Å²) in [4.78, 5) is 41.1. The van der Waals surface area contributed by atoms with Gasteiger partial charge in [0.15, 0.2) is 5.78 Å². The van der Waals surface area contributed by atoms with Crippen molar-refractivity contribution in [2.45, 2.75) is 60.8 Å². The molecule has 8 bridgehead atoms. The van der Waals surface area contributed by atoms with E-state index in [1.807, 2.05) is 38.2 Å². The minimum atomic E-state index is -0.371. The molecule has 0 unspecified atom stereocenters. The molecule has 7 nitrogen and oxygen atoms in total. The number of fused-ring (bicyclic) bond motifs is 7. The van der Waals surface area contributed by atoms with Crippen LogP contribution in [0.25, 0.3) is 35.2 Å². The number of rotatable bonds is 5. The molecule has 0 spiro atoms. The molecule has 5 heterocycles. The maximum absolute atomic E-state index is 13.7. The Labute approximate surface area is 268 Å². The van der Waals surface area contributed by atoms with E-state index in [-0.39, 0.29) is 59.0 Å². The van der Waals surface area contributed by atoms with Crippen molar-refractivity contribution in [1.29, 1.82) is 0 Å². The summed E-state index contributed by atoms with van der Waals surface area (Å²) in [7, 11) is 1.41. The number of ketones is 1. The van der Waals surface area contributed by atoms with Gasteiger partial charge in [0, 0.05) is 17.9 Å². The monoisotopic (exact) mass is 584 g/mol. The van der Waals surface area contributed by atoms with Crippen molar-refractivity contribution >= 4 is 64.7 Å².